The van der Waals surface area contributed by atoms with Crippen molar-refractivity contribution in [3.63, 3.8) is 0 Å². The number of amides is 4. The van der Waals surface area contributed by atoms with Gasteiger partial charge in [0.15, 0.2) is 0 Å². The van der Waals surface area contributed by atoms with Crippen LogP contribution >= 0.6 is 0 Å². The second kappa shape index (κ2) is 10.6. The molecule has 0 aromatic heterocycles. The first-order chi connectivity index (χ1) is 24.1. The maximum absolute atomic E-state index is 13.3. The predicted molar refractivity (Wildman–Crippen MR) is 159 cm³/mol. The van der Waals surface area contributed by atoms with Gasteiger partial charge in [0.2, 0.25) is 0 Å². The molecule has 8 rings (SSSR count). The number of rotatable bonds is 8. The summed E-state index contributed by atoms with van der Waals surface area (Å²) in [6.45, 7) is -0.421. The Kier molecular flexibility index (Phi) is 6.66. The SMILES string of the molecule is O=C1c2ccc(Oc3ccc4c(c3)C(=O)N(Cc3ccc(C5(C(F)(F)F)N=N5)cc3)C4=O)cc2C(=O)N1Cc1ccc(C2(C(F)(F)F)N=N2)cc1. The number of ether oxygens (including phenoxy) is 1. The van der Waals surface area contributed by atoms with Crippen LogP contribution in [0.2, 0.25) is 0 Å². The lowest BCUT2D eigenvalue weighted by atomic mass is 10.0. The molecule has 0 saturated carbocycles. The fourth-order valence-electron chi connectivity index (χ4n) is 6.03. The first-order valence-electron chi connectivity index (χ1n) is 15.0. The molecule has 0 fully saturated rings. The number of imide groups is 2. The summed E-state index contributed by atoms with van der Waals surface area (Å²) in [6.07, 6.45) is -9.39. The maximum Gasteiger partial charge on any atom is 0.442 e. The molecular formula is C34H18F6N6O5. The fourth-order valence-corrected chi connectivity index (χ4v) is 6.03. The molecule has 4 heterocycles. The van der Waals surface area contributed by atoms with Crippen molar-refractivity contribution in [1.29, 1.82) is 0 Å². The number of carbonyl (C=O) groups is 4. The number of nitrogens with zero attached hydrogens (tertiary/aromatic N) is 6. The molecule has 4 aromatic rings. The number of carbonyl (C=O) groups excluding carboxylic acids is 4. The predicted octanol–water partition coefficient (Wildman–Crippen LogP) is 7.43. The molecule has 0 unspecified atom stereocenters. The average molecular weight is 705 g/mol. The highest BCUT2D eigenvalue weighted by atomic mass is 19.4. The van der Waals surface area contributed by atoms with E-state index in [1.807, 2.05) is 0 Å². The van der Waals surface area contributed by atoms with Crippen molar-refractivity contribution >= 4 is 23.6 Å². The highest BCUT2D eigenvalue weighted by Gasteiger charge is 2.66. The Bertz CT molecular complexity index is 2100. The second-order valence-electron chi connectivity index (χ2n) is 12.0. The lowest BCUT2D eigenvalue weighted by Gasteiger charge is -2.17. The van der Waals surface area contributed by atoms with Gasteiger partial charge in [-0.25, -0.2) is 0 Å². The van der Waals surface area contributed by atoms with Crippen LogP contribution in [0.3, 0.4) is 0 Å². The van der Waals surface area contributed by atoms with Crippen LogP contribution < -0.4 is 4.74 Å². The summed E-state index contributed by atoms with van der Waals surface area (Å²) in [5.41, 5.74) is -4.55. The van der Waals surface area contributed by atoms with Crippen molar-refractivity contribution < 1.29 is 50.3 Å². The van der Waals surface area contributed by atoms with E-state index >= 15 is 0 Å². The summed E-state index contributed by atoms with van der Waals surface area (Å²) in [5, 5.41) is 12.6. The van der Waals surface area contributed by atoms with E-state index in [1.54, 1.807) is 0 Å². The van der Waals surface area contributed by atoms with E-state index in [0.717, 1.165) is 9.80 Å². The summed E-state index contributed by atoms with van der Waals surface area (Å²) in [4.78, 5) is 54.5. The Morgan fingerprint density at radius 3 is 1.14 bits per heavy atom. The third-order valence-electron chi connectivity index (χ3n) is 8.90. The zero-order valence-electron chi connectivity index (χ0n) is 25.5. The molecule has 0 atom stereocenters. The van der Waals surface area contributed by atoms with Gasteiger partial charge in [0, 0.05) is 11.1 Å². The van der Waals surface area contributed by atoms with E-state index in [4.69, 9.17) is 4.74 Å². The molecule has 4 aliphatic rings. The van der Waals surface area contributed by atoms with Gasteiger partial charge >= 0.3 is 23.7 Å². The van der Waals surface area contributed by atoms with Crippen LogP contribution in [-0.4, -0.2) is 45.8 Å². The maximum atomic E-state index is 13.3. The van der Waals surface area contributed by atoms with Crippen LogP contribution in [0.25, 0.3) is 0 Å². The molecule has 4 aliphatic heterocycles. The summed E-state index contributed by atoms with van der Waals surface area (Å²) in [7, 11) is 0. The molecule has 0 bridgehead atoms. The minimum Gasteiger partial charge on any atom is -0.457 e. The van der Waals surface area contributed by atoms with Crippen LogP contribution in [0.4, 0.5) is 26.3 Å². The highest BCUT2D eigenvalue weighted by Crippen LogP contribution is 2.53. The molecule has 4 amide bonds. The van der Waals surface area contributed by atoms with E-state index in [0.29, 0.717) is 11.1 Å². The number of fused-ring (bicyclic) bond motifs is 2. The summed E-state index contributed by atoms with van der Waals surface area (Å²) in [5.74, 6) is -2.27. The molecule has 0 aliphatic carbocycles. The molecule has 0 N–H and O–H groups in total. The number of hydrogen-bond acceptors (Lipinski definition) is 9. The Morgan fingerprint density at radius 1 is 0.490 bits per heavy atom. The van der Waals surface area contributed by atoms with Gasteiger partial charge in [-0.05, 0) is 47.5 Å². The molecule has 0 saturated heterocycles. The summed E-state index contributed by atoms with van der Waals surface area (Å²) >= 11 is 0. The summed E-state index contributed by atoms with van der Waals surface area (Å²) < 4.78 is 85.8. The van der Waals surface area contributed by atoms with Gasteiger partial charge in [0.25, 0.3) is 23.6 Å². The normalized spacial score (nSPS) is 18.0. The fraction of sp³-hybridized carbons (Fsp3) is 0.176. The zero-order valence-corrected chi connectivity index (χ0v) is 25.5. The molecule has 0 radical (unpaired) electrons. The molecule has 51 heavy (non-hydrogen) atoms. The third kappa shape index (κ3) is 4.98. The first kappa shape index (κ1) is 32.0. The van der Waals surface area contributed by atoms with Gasteiger partial charge in [-0.2, -0.15) is 26.3 Å². The van der Waals surface area contributed by atoms with Crippen LogP contribution in [0, 0.1) is 0 Å². The molecule has 17 heteroatoms. The van der Waals surface area contributed by atoms with E-state index < -0.39 is 47.3 Å². The van der Waals surface area contributed by atoms with Crippen molar-refractivity contribution in [2.75, 3.05) is 0 Å². The van der Waals surface area contributed by atoms with Crippen LogP contribution in [0.5, 0.6) is 11.5 Å². The van der Waals surface area contributed by atoms with Gasteiger partial charge < -0.3 is 4.74 Å². The minimum atomic E-state index is -4.70. The zero-order chi connectivity index (χ0) is 36.1. The Balaban J connectivity index is 0.942. The standard InChI is InChI=1S/C34H18F6N6O5/c35-33(36,37)31(41-42-31)19-5-1-17(2-6-19)15-45-27(47)23-11-9-21(13-25(23)29(45)49)51-22-10-12-24-26(14-22)30(50)46(28(24)48)16-18-3-7-20(8-4-18)32(43-44-32)34(38,39)40/h1-14H,15-16H2. The Morgan fingerprint density at radius 2 is 0.824 bits per heavy atom. The van der Waals surface area contributed by atoms with Crippen molar-refractivity contribution in [2.24, 2.45) is 20.5 Å². The molecular weight excluding hydrogens is 686 g/mol. The van der Waals surface area contributed by atoms with Gasteiger partial charge in [-0.15, -0.1) is 20.5 Å². The van der Waals surface area contributed by atoms with Crippen LogP contribution in [0.1, 0.15) is 63.7 Å². The summed E-state index contributed by atoms with van der Waals surface area (Å²) in [6, 6.07) is 18.5. The van der Waals surface area contributed by atoms with Crippen molar-refractivity contribution in [2.45, 2.75) is 36.8 Å². The van der Waals surface area contributed by atoms with Crippen molar-refractivity contribution in [1.82, 2.24) is 9.80 Å². The Labute approximate surface area is 281 Å². The highest BCUT2D eigenvalue weighted by molar-refractivity contribution is 6.22. The first-order valence-corrected chi connectivity index (χ1v) is 15.0. The second-order valence-corrected chi connectivity index (χ2v) is 12.0. The average Bonchev–Trinajstić information content (AvgIpc) is 4.02. The van der Waals surface area contributed by atoms with Gasteiger partial charge in [-0.3, -0.25) is 29.0 Å². The van der Waals surface area contributed by atoms with E-state index in [9.17, 15) is 45.5 Å². The lowest BCUT2D eigenvalue weighted by Crippen LogP contribution is -2.30. The number of alkyl halides is 6. The molecule has 4 aromatic carbocycles. The van der Waals surface area contributed by atoms with Crippen LogP contribution in [0.15, 0.2) is 105 Å². The number of hydrogen-bond donors (Lipinski definition) is 0. The quantitative estimate of drug-likeness (QED) is 0.139. The molecule has 256 valence electrons. The van der Waals surface area contributed by atoms with E-state index in [2.05, 4.69) is 20.5 Å². The number of benzene rings is 4. The monoisotopic (exact) mass is 704 g/mol. The van der Waals surface area contributed by atoms with Crippen molar-refractivity contribution in [3.05, 3.63) is 129 Å². The molecule has 11 nitrogen and oxygen atoms in total. The lowest BCUT2D eigenvalue weighted by molar-refractivity contribution is -0.166. The smallest absolute Gasteiger partial charge is 0.442 e. The van der Waals surface area contributed by atoms with Gasteiger partial charge in [-0.1, -0.05) is 48.5 Å². The third-order valence-corrected chi connectivity index (χ3v) is 8.90. The van der Waals surface area contributed by atoms with Crippen LogP contribution in [-0.2, 0) is 24.4 Å². The van der Waals surface area contributed by atoms with E-state index in [-0.39, 0.29) is 58.0 Å². The largest absolute Gasteiger partial charge is 0.457 e. The molecule has 0 spiro atoms. The number of halogens is 6. The topological polar surface area (TPSA) is 133 Å². The van der Waals surface area contributed by atoms with Crippen molar-refractivity contribution in [3.8, 4) is 11.5 Å². The van der Waals surface area contributed by atoms with Gasteiger partial charge in [0.05, 0.1) is 35.3 Å². The van der Waals surface area contributed by atoms with E-state index in [1.165, 1.54) is 84.9 Å². The van der Waals surface area contributed by atoms with Gasteiger partial charge in [0.1, 0.15) is 11.5 Å². The Hall–Kier alpha value is -6.26. The minimum absolute atomic E-state index is 0.0236.